The lowest BCUT2D eigenvalue weighted by molar-refractivity contribution is -0.129. The highest BCUT2D eigenvalue weighted by Gasteiger charge is 2.34. The molecule has 0 spiro atoms. The second kappa shape index (κ2) is 9.52. The number of nitrogens with zero attached hydrogens (tertiary/aromatic N) is 4. The van der Waals surface area contributed by atoms with Crippen molar-refractivity contribution >= 4 is 24.5 Å². The van der Waals surface area contributed by atoms with Crippen LogP contribution in [0.1, 0.15) is 37.8 Å². The molecule has 29 heavy (non-hydrogen) atoms. The first kappa shape index (κ1) is 21.5. The van der Waals surface area contributed by atoms with Crippen molar-refractivity contribution in [3.05, 3.63) is 53.4 Å². The number of hydrogen-bond donors (Lipinski definition) is 1. The van der Waals surface area contributed by atoms with E-state index in [4.69, 9.17) is 0 Å². The normalized spacial score (nSPS) is 18.9. The van der Waals surface area contributed by atoms with Crippen LogP contribution in [-0.2, 0) is 17.8 Å². The molecule has 3 rings (SSSR count). The van der Waals surface area contributed by atoms with Gasteiger partial charge in [0, 0.05) is 49.8 Å². The van der Waals surface area contributed by atoms with Crippen molar-refractivity contribution in [3.8, 4) is 0 Å². The summed E-state index contributed by atoms with van der Waals surface area (Å²) in [5.74, 6) is -0.645. The summed E-state index contributed by atoms with van der Waals surface area (Å²) in [5, 5.41) is 0.124. The molecule has 1 aromatic heterocycles. The van der Waals surface area contributed by atoms with Gasteiger partial charge in [0.1, 0.15) is 11.6 Å². The fourth-order valence-electron chi connectivity index (χ4n) is 3.65. The van der Waals surface area contributed by atoms with Crippen LogP contribution >= 0.6 is 12.6 Å². The highest BCUT2D eigenvalue weighted by Crippen LogP contribution is 2.27. The number of rotatable bonds is 7. The Bertz CT molecular complexity index is 849. The van der Waals surface area contributed by atoms with E-state index in [1.807, 2.05) is 17.3 Å². The number of carbonyl (C=O) groups excluding carboxylic acids is 1. The van der Waals surface area contributed by atoms with Crippen molar-refractivity contribution < 1.29 is 13.6 Å². The van der Waals surface area contributed by atoms with Gasteiger partial charge in [-0.2, -0.15) is 12.6 Å². The van der Waals surface area contributed by atoms with Gasteiger partial charge in [0.2, 0.25) is 11.9 Å². The van der Waals surface area contributed by atoms with E-state index in [1.165, 1.54) is 11.8 Å². The number of halogens is 2. The summed E-state index contributed by atoms with van der Waals surface area (Å²) in [6.45, 7) is 4.58. The van der Waals surface area contributed by atoms with Gasteiger partial charge in [-0.05, 0) is 36.6 Å². The van der Waals surface area contributed by atoms with Crippen molar-refractivity contribution in [2.45, 2.75) is 50.9 Å². The van der Waals surface area contributed by atoms with Crippen LogP contribution in [0, 0.1) is 11.6 Å². The molecule has 5 nitrogen and oxygen atoms in total. The average molecular weight is 421 g/mol. The molecule has 0 saturated carbocycles. The number of carbonyl (C=O) groups is 1. The summed E-state index contributed by atoms with van der Waals surface area (Å²) in [5.41, 5.74) is 1.24. The average Bonchev–Trinajstić information content (AvgIpc) is 3.05. The lowest BCUT2D eigenvalue weighted by Gasteiger charge is -2.30. The summed E-state index contributed by atoms with van der Waals surface area (Å²) >= 11 is 4.61. The zero-order chi connectivity index (χ0) is 21.0. The molecule has 2 aromatic rings. The van der Waals surface area contributed by atoms with Gasteiger partial charge < -0.3 is 9.80 Å². The number of anilines is 1. The summed E-state index contributed by atoms with van der Waals surface area (Å²) in [7, 11) is 0. The largest absolute Gasteiger partial charge is 0.336 e. The zero-order valence-corrected chi connectivity index (χ0v) is 17.6. The fraction of sp³-hybridized carbons (Fsp3) is 0.476. The Balaban J connectivity index is 1.76. The number of benzene rings is 1. The van der Waals surface area contributed by atoms with Crippen molar-refractivity contribution in [1.29, 1.82) is 0 Å². The fourth-order valence-corrected chi connectivity index (χ4v) is 4.07. The zero-order valence-electron chi connectivity index (χ0n) is 16.7. The van der Waals surface area contributed by atoms with Crippen LogP contribution in [0.4, 0.5) is 14.7 Å². The molecule has 1 aromatic carbocycles. The van der Waals surface area contributed by atoms with E-state index in [9.17, 15) is 13.6 Å². The lowest BCUT2D eigenvalue weighted by Crippen LogP contribution is -2.42. The highest BCUT2D eigenvalue weighted by atomic mass is 32.1. The van der Waals surface area contributed by atoms with Gasteiger partial charge in [-0.1, -0.05) is 13.3 Å². The van der Waals surface area contributed by atoms with E-state index in [0.29, 0.717) is 19.0 Å². The molecule has 1 amide bonds. The van der Waals surface area contributed by atoms with Crippen LogP contribution in [0.15, 0.2) is 30.6 Å². The number of amides is 1. The first-order valence-electron chi connectivity index (χ1n) is 9.82. The van der Waals surface area contributed by atoms with Crippen molar-refractivity contribution in [2.24, 2.45) is 0 Å². The Morgan fingerprint density at radius 2 is 2.03 bits per heavy atom. The molecular weight excluding hydrogens is 394 g/mol. The molecule has 2 heterocycles. The quantitative estimate of drug-likeness (QED) is 0.695. The lowest BCUT2D eigenvalue weighted by atomic mass is 10.1. The van der Waals surface area contributed by atoms with E-state index < -0.39 is 11.6 Å². The number of aromatic nitrogens is 2. The topological polar surface area (TPSA) is 49.3 Å². The Morgan fingerprint density at radius 3 is 2.69 bits per heavy atom. The van der Waals surface area contributed by atoms with Crippen LogP contribution in [0.25, 0.3) is 0 Å². The van der Waals surface area contributed by atoms with E-state index >= 15 is 0 Å². The van der Waals surface area contributed by atoms with Gasteiger partial charge in [0.15, 0.2) is 0 Å². The van der Waals surface area contributed by atoms with Gasteiger partial charge in [-0.3, -0.25) is 4.79 Å². The minimum Gasteiger partial charge on any atom is -0.336 e. The van der Waals surface area contributed by atoms with Gasteiger partial charge >= 0.3 is 0 Å². The van der Waals surface area contributed by atoms with Gasteiger partial charge in [-0.15, -0.1) is 0 Å². The van der Waals surface area contributed by atoms with Crippen LogP contribution in [-0.4, -0.2) is 45.2 Å². The Morgan fingerprint density at radius 1 is 1.31 bits per heavy atom. The smallest absolute Gasteiger partial charge is 0.225 e. The number of hydrogen-bond acceptors (Lipinski definition) is 5. The second-order valence-electron chi connectivity index (χ2n) is 7.47. The number of aryl methyl sites for hydroxylation is 1. The molecule has 1 fully saturated rings. The second-order valence-corrected chi connectivity index (χ2v) is 8.20. The third kappa shape index (κ3) is 5.44. The molecule has 156 valence electrons. The molecular formula is C21H26F2N4OS. The van der Waals surface area contributed by atoms with Crippen LogP contribution in [0.5, 0.6) is 0 Å². The van der Waals surface area contributed by atoms with E-state index in [2.05, 4.69) is 29.5 Å². The van der Waals surface area contributed by atoms with Crippen molar-refractivity contribution in [1.82, 2.24) is 14.9 Å². The first-order valence-corrected chi connectivity index (χ1v) is 10.3. The third-order valence-corrected chi connectivity index (χ3v) is 5.50. The molecule has 1 saturated heterocycles. The SMILES string of the molecule is CCCc1cnc(N2C[C@H](S)C[C@H]2CN(Cc2cc(F)ccc2F)C(C)=O)nc1. The summed E-state index contributed by atoms with van der Waals surface area (Å²) < 4.78 is 27.6. The Labute approximate surface area is 175 Å². The van der Waals surface area contributed by atoms with Crippen LogP contribution in [0.3, 0.4) is 0 Å². The molecule has 1 aliphatic heterocycles. The predicted molar refractivity (Wildman–Crippen MR) is 112 cm³/mol. The molecule has 0 radical (unpaired) electrons. The van der Waals surface area contributed by atoms with E-state index in [0.717, 1.165) is 43.0 Å². The monoisotopic (exact) mass is 420 g/mol. The third-order valence-electron chi connectivity index (χ3n) is 5.13. The summed E-state index contributed by atoms with van der Waals surface area (Å²) in [6, 6.07) is 3.24. The molecule has 0 unspecified atom stereocenters. The van der Waals surface area contributed by atoms with Crippen molar-refractivity contribution in [3.63, 3.8) is 0 Å². The van der Waals surface area contributed by atoms with E-state index in [-0.39, 0.29) is 29.3 Å². The maximum atomic E-state index is 14.1. The maximum Gasteiger partial charge on any atom is 0.225 e. The van der Waals surface area contributed by atoms with Gasteiger partial charge in [0.05, 0.1) is 6.04 Å². The van der Waals surface area contributed by atoms with Crippen LogP contribution in [0.2, 0.25) is 0 Å². The predicted octanol–water partition coefficient (Wildman–Crippen LogP) is 3.63. The molecule has 8 heteroatoms. The maximum absolute atomic E-state index is 14.1. The Kier molecular flexibility index (Phi) is 7.05. The number of thiol groups is 1. The molecule has 2 atom stereocenters. The minimum atomic E-state index is -0.525. The minimum absolute atomic E-state index is 0.0107. The molecule has 0 bridgehead atoms. The summed E-state index contributed by atoms with van der Waals surface area (Å²) in [4.78, 5) is 24.8. The molecule has 1 aliphatic rings. The molecule has 0 aliphatic carbocycles. The highest BCUT2D eigenvalue weighted by molar-refractivity contribution is 7.81. The van der Waals surface area contributed by atoms with E-state index in [1.54, 1.807) is 0 Å². The molecule has 0 N–H and O–H groups in total. The van der Waals surface area contributed by atoms with Crippen molar-refractivity contribution in [2.75, 3.05) is 18.0 Å². The van der Waals surface area contributed by atoms with Crippen LogP contribution < -0.4 is 4.90 Å². The Hall–Kier alpha value is -2.22. The first-order chi connectivity index (χ1) is 13.9. The standard InChI is InChI=1S/C21H26F2N4OS/c1-3-4-15-9-24-21(25-10-15)27-13-19(29)8-18(27)12-26(14(2)28)11-16-7-17(22)5-6-20(16)23/h5-7,9-10,18-19,29H,3-4,8,11-13H2,1-2H3/t18-,19+/m0/s1. The summed E-state index contributed by atoms with van der Waals surface area (Å²) in [6.07, 6.45) is 6.37. The van der Waals surface area contributed by atoms with Gasteiger partial charge in [-0.25, -0.2) is 18.7 Å². The van der Waals surface area contributed by atoms with Gasteiger partial charge in [0.25, 0.3) is 0 Å².